The Morgan fingerprint density at radius 1 is 1.33 bits per heavy atom. The number of carbonyl (C=O) groups excluding carboxylic acids is 1. The quantitative estimate of drug-likeness (QED) is 0.594. The van der Waals surface area contributed by atoms with Crippen molar-refractivity contribution >= 4 is 16.7 Å². The molecular formula is C16H17NO. The average Bonchev–Trinajstić information content (AvgIpc) is 2.38. The van der Waals surface area contributed by atoms with Crippen molar-refractivity contribution in [3.05, 3.63) is 53.7 Å². The predicted octanol–water partition coefficient (Wildman–Crippen LogP) is 4.08. The van der Waals surface area contributed by atoms with E-state index in [1.165, 1.54) is 0 Å². The molecule has 0 saturated carbocycles. The molecule has 2 rings (SSSR count). The van der Waals surface area contributed by atoms with Crippen LogP contribution < -0.4 is 0 Å². The molecule has 1 aromatic carbocycles. The number of rotatable bonds is 4. The Morgan fingerprint density at radius 2 is 2.06 bits per heavy atom. The van der Waals surface area contributed by atoms with Crippen molar-refractivity contribution in [2.75, 3.05) is 0 Å². The Morgan fingerprint density at radius 3 is 2.78 bits per heavy atom. The molecule has 0 aliphatic heterocycles. The number of fused-ring (bicyclic) bond motifs is 1. The number of ketones is 1. The van der Waals surface area contributed by atoms with E-state index in [-0.39, 0.29) is 5.78 Å². The number of carbonyl (C=O) groups is 1. The lowest BCUT2D eigenvalue weighted by Gasteiger charge is -2.06. The Kier molecular flexibility index (Phi) is 3.56. The van der Waals surface area contributed by atoms with Gasteiger partial charge in [-0.1, -0.05) is 37.3 Å². The third kappa shape index (κ3) is 2.48. The summed E-state index contributed by atoms with van der Waals surface area (Å²) < 4.78 is 0. The summed E-state index contributed by atoms with van der Waals surface area (Å²) in [5.41, 5.74) is 3.46. The molecule has 0 N–H and O–H groups in total. The molecule has 0 unspecified atom stereocenters. The van der Waals surface area contributed by atoms with Crippen molar-refractivity contribution in [1.82, 2.24) is 4.98 Å². The zero-order valence-corrected chi connectivity index (χ0v) is 10.9. The number of aryl methyl sites for hydroxylation is 1. The van der Waals surface area contributed by atoms with Crippen LogP contribution >= 0.6 is 0 Å². The molecule has 0 fully saturated rings. The van der Waals surface area contributed by atoms with Gasteiger partial charge in [-0.25, -0.2) is 4.98 Å². The summed E-state index contributed by atoms with van der Waals surface area (Å²) in [7, 11) is 0. The van der Waals surface area contributed by atoms with Crippen LogP contribution in [0.5, 0.6) is 0 Å². The smallest absolute Gasteiger partial charge is 0.185 e. The van der Waals surface area contributed by atoms with E-state index < -0.39 is 0 Å². The maximum absolute atomic E-state index is 12.1. The molecule has 18 heavy (non-hydrogen) atoms. The number of Topliss-reactive ketones (excluding diaryl/α,β-unsaturated/α-hetero) is 1. The number of para-hydroxylation sites is 1. The Hall–Kier alpha value is -1.96. The third-order valence-corrected chi connectivity index (χ3v) is 3.12. The lowest BCUT2D eigenvalue weighted by Crippen LogP contribution is -2.04. The van der Waals surface area contributed by atoms with Gasteiger partial charge in [-0.2, -0.15) is 0 Å². The van der Waals surface area contributed by atoms with Gasteiger partial charge in [-0.15, -0.1) is 0 Å². The van der Waals surface area contributed by atoms with E-state index in [0.717, 1.165) is 28.5 Å². The van der Waals surface area contributed by atoms with Gasteiger partial charge in [0, 0.05) is 11.8 Å². The highest BCUT2D eigenvalue weighted by Crippen LogP contribution is 2.19. The van der Waals surface area contributed by atoms with E-state index in [2.05, 4.69) is 11.6 Å². The van der Waals surface area contributed by atoms with E-state index in [9.17, 15) is 4.79 Å². The highest BCUT2D eigenvalue weighted by atomic mass is 16.1. The number of hydrogen-bond acceptors (Lipinski definition) is 2. The fourth-order valence-corrected chi connectivity index (χ4v) is 1.93. The first kappa shape index (κ1) is 12.5. The molecule has 2 nitrogen and oxygen atoms in total. The summed E-state index contributed by atoms with van der Waals surface area (Å²) in [6.07, 6.45) is 1.22. The maximum Gasteiger partial charge on any atom is 0.185 e. The predicted molar refractivity (Wildman–Crippen MR) is 74.9 cm³/mol. The minimum Gasteiger partial charge on any atom is -0.292 e. The zero-order valence-electron chi connectivity index (χ0n) is 10.9. The first-order valence-electron chi connectivity index (χ1n) is 6.18. The zero-order chi connectivity index (χ0) is 13.1. The van der Waals surface area contributed by atoms with Crippen molar-refractivity contribution in [2.24, 2.45) is 0 Å². The van der Waals surface area contributed by atoms with Gasteiger partial charge in [-0.3, -0.25) is 4.79 Å². The van der Waals surface area contributed by atoms with Gasteiger partial charge in [-0.05, 0) is 31.0 Å². The summed E-state index contributed by atoms with van der Waals surface area (Å²) in [6, 6.07) is 9.75. The summed E-state index contributed by atoms with van der Waals surface area (Å²) in [5, 5.41) is 1.10. The normalized spacial score (nSPS) is 10.6. The molecule has 0 bridgehead atoms. The van der Waals surface area contributed by atoms with Gasteiger partial charge in [0.2, 0.25) is 0 Å². The van der Waals surface area contributed by atoms with Crippen molar-refractivity contribution in [2.45, 2.75) is 26.7 Å². The average molecular weight is 239 g/mol. The molecule has 0 radical (unpaired) electrons. The minimum absolute atomic E-state index is 0.0516. The molecule has 0 saturated heterocycles. The highest BCUT2D eigenvalue weighted by molar-refractivity contribution is 5.98. The van der Waals surface area contributed by atoms with E-state index in [1.807, 2.05) is 44.2 Å². The largest absolute Gasteiger partial charge is 0.292 e. The molecule has 92 valence electrons. The number of aromatic nitrogens is 1. The Bertz CT molecular complexity index is 614. The van der Waals surface area contributed by atoms with Crippen LogP contribution in [0.25, 0.3) is 10.9 Å². The van der Waals surface area contributed by atoms with Gasteiger partial charge in [0.15, 0.2) is 5.78 Å². The molecule has 0 aliphatic rings. The van der Waals surface area contributed by atoms with Gasteiger partial charge < -0.3 is 0 Å². The lowest BCUT2D eigenvalue weighted by molar-refractivity contribution is 0.0988. The molecule has 0 spiro atoms. The number of pyridine rings is 1. The van der Waals surface area contributed by atoms with Crippen molar-refractivity contribution in [3.8, 4) is 0 Å². The van der Waals surface area contributed by atoms with Crippen molar-refractivity contribution in [1.29, 1.82) is 0 Å². The minimum atomic E-state index is 0.0516. The van der Waals surface area contributed by atoms with Crippen LogP contribution in [-0.4, -0.2) is 10.8 Å². The van der Waals surface area contributed by atoms with Gasteiger partial charge in [0.25, 0.3) is 0 Å². The Balaban J connectivity index is 2.40. The van der Waals surface area contributed by atoms with E-state index >= 15 is 0 Å². The summed E-state index contributed by atoms with van der Waals surface area (Å²) in [5.74, 6) is 0.0516. The number of nitrogens with zero attached hydrogens (tertiary/aromatic N) is 1. The van der Waals surface area contributed by atoms with Crippen LogP contribution in [0.15, 0.2) is 42.5 Å². The second-order valence-corrected chi connectivity index (χ2v) is 4.55. The van der Waals surface area contributed by atoms with Crippen LogP contribution in [0, 0.1) is 6.92 Å². The maximum atomic E-state index is 12.1. The number of allylic oxidation sites excluding steroid dienone is 1. The summed E-state index contributed by atoms with van der Waals surface area (Å²) >= 11 is 0. The fraction of sp³-hybridized carbons (Fsp3) is 0.250. The van der Waals surface area contributed by atoms with Crippen LogP contribution in [0.1, 0.15) is 35.8 Å². The summed E-state index contributed by atoms with van der Waals surface area (Å²) in [4.78, 5) is 16.5. The first-order valence-corrected chi connectivity index (χ1v) is 6.18. The lowest BCUT2D eigenvalue weighted by atomic mass is 10.0. The van der Waals surface area contributed by atoms with E-state index in [4.69, 9.17) is 0 Å². The topological polar surface area (TPSA) is 30.0 Å². The van der Waals surface area contributed by atoms with E-state index in [1.54, 1.807) is 0 Å². The number of benzene rings is 1. The summed E-state index contributed by atoms with van der Waals surface area (Å²) in [6.45, 7) is 7.89. The van der Waals surface area contributed by atoms with Crippen LogP contribution in [0.3, 0.4) is 0 Å². The third-order valence-electron chi connectivity index (χ3n) is 3.12. The SMILES string of the molecule is C=C(CC)CC(=O)c1cc(C)c2ccccc2n1. The van der Waals surface area contributed by atoms with Gasteiger partial charge in [0.1, 0.15) is 5.69 Å². The molecule has 0 atom stereocenters. The molecule has 1 heterocycles. The standard InChI is InChI=1S/C16H17NO/c1-4-11(2)9-16(18)15-10-12(3)13-7-5-6-8-14(13)17-15/h5-8,10H,2,4,9H2,1,3H3. The second-order valence-electron chi connectivity index (χ2n) is 4.55. The van der Waals surface area contributed by atoms with Crippen molar-refractivity contribution in [3.63, 3.8) is 0 Å². The molecular weight excluding hydrogens is 222 g/mol. The first-order chi connectivity index (χ1) is 8.61. The second kappa shape index (κ2) is 5.13. The van der Waals surface area contributed by atoms with Crippen LogP contribution in [0.2, 0.25) is 0 Å². The van der Waals surface area contributed by atoms with Gasteiger partial charge in [0.05, 0.1) is 5.52 Å². The molecule has 0 aliphatic carbocycles. The highest BCUT2D eigenvalue weighted by Gasteiger charge is 2.11. The van der Waals surface area contributed by atoms with Gasteiger partial charge >= 0.3 is 0 Å². The molecule has 0 amide bonds. The fourth-order valence-electron chi connectivity index (χ4n) is 1.93. The molecule has 2 aromatic rings. The Labute approximate surface area is 107 Å². The van der Waals surface area contributed by atoms with Crippen LogP contribution in [-0.2, 0) is 0 Å². The van der Waals surface area contributed by atoms with Crippen LogP contribution in [0.4, 0.5) is 0 Å². The molecule has 1 aromatic heterocycles. The number of hydrogen-bond donors (Lipinski definition) is 0. The monoisotopic (exact) mass is 239 g/mol. The van der Waals surface area contributed by atoms with Crippen molar-refractivity contribution < 1.29 is 4.79 Å². The molecule has 2 heteroatoms. The van der Waals surface area contributed by atoms with E-state index in [0.29, 0.717) is 12.1 Å².